The van der Waals surface area contributed by atoms with Crippen molar-refractivity contribution in [2.75, 3.05) is 36.2 Å². The van der Waals surface area contributed by atoms with Crippen LogP contribution < -0.4 is 19.9 Å². The molecule has 0 saturated carbocycles. The molecule has 12 nitrogen and oxygen atoms in total. The van der Waals surface area contributed by atoms with E-state index in [0.717, 1.165) is 58.5 Å². The number of rotatable bonds is 17. The summed E-state index contributed by atoms with van der Waals surface area (Å²) < 4.78 is 17.4. The van der Waals surface area contributed by atoms with Crippen molar-refractivity contribution in [2.24, 2.45) is 11.3 Å². The van der Waals surface area contributed by atoms with Crippen LogP contribution in [0.2, 0.25) is 0 Å². The molecule has 1 N–H and O–H groups in total. The van der Waals surface area contributed by atoms with Crippen molar-refractivity contribution in [1.82, 2.24) is 15.2 Å². The highest BCUT2D eigenvalue weighted by Crippen LogP contribution is 2.38. The molecule has 4 aromatic carbocycles. The molecule has 338 valence electrons. The molecule has 65 heavy (non-hydrogen) atoms. The molecule has 0 spiro atoms. The summed E-state index contributed by atoms with van der Waals surface area (Å²) in [6.07, 6.45) is 6.73. The first-order valence-electron chi connectivity index (χ1n) is 22.3. The van der Waals surface area contributed by atoms with Crippen LogP contribution in [-0.4, -0.2) is 70.7 Å². The fraction of sp³-hybridized carbons (Fsp3) is 0.385. The van der Waals surface area contributed by atoms with Crippen molar-refractivity contribution in [1.29, 1.82) is 5.26 Å². The van der Waals surface area contributed by atoms with Gasteiger partial charge in [-0.25, -0.2) is 4.98 Å². The van der Waals surface area contributed by atoms with Gasteiger partial charge in [-0.3, -0.25) is 19.3 Å². The summed E-state index contributed by atoms with van der Waals surface area (Å²) in [6, 6.07) is 30.8. The first kappa shape index (κ1) is 46.6. The smallest absolute Gasteiger partial charge is 0.259 e. The molecule has 2 aliphatic rings. The molecule has 7 rings (SSSR count). The van der Waals surface area contributed by atoms with Crippen molar-refractivity contribution in [3.8, 4) is 34.3 Å². The topological polar surface area (TPSA) is 141 Å². The number of anilines is 2. The summed E-state index contributed by atoms with van der Waals surface area (Å²) in [5.41, 5.74) is 5.53. The van der Waals surface area contributed by atoms with Crippen molar-refractivity contribution in [3.05, 3.63) is 120 Å². The van der Waals surface area contributed by atoms with Crippen LogP contribution in [0.5, 0.6) is 5.75 Å². The van der Waals surface area contributed by atoms with E-state index < -0.39 is 11.6 Å². The minimum atomic E-state index is -0.905. The maximum absolute atomic E-state index is 14.0. The highest BCUT2D eigenvalue weighted by molar-refractivity contribution is 7.81. The molecule has 1 aromatic heterocycles. The minimum absolute atomic E-state index is 0.0171. The van der Waals surface area contributed by atoms with Crippen LogP contribution in [0.25, 0.3) is 22.5 Å². The fourth-order valence-corrected chi connectivity index (χ4v) is 9.12. The Balaban J connectivity index is 0.826. The molecule has 2 aliphatic heterocycles. The van der Waals surface area contributed by atoms with Crippen LogP contribution in [0.3, 0.4) is 0 Å². The number of nitrogens with zero attached hydrogens (tertiary/aromatic N) is 5. The van der Waals surface area contributed by atoms with Crippen LogP contribution in [0, 0.1) is 29.6 Å². The lowest BCUT2D eigenvalue weighted by Gasteiger charge is -2.35. The first-order valence-corrected chi connectivity index (χ1v) is 22.7. The highest BCUT2D eigenvalue weighted by atomic mass is 32.1. The van der Waals surface area contributed by atoms with Crippen molar-refractivity contribution >= 4 is 46.4 Å². The van der Waals surface area contributed by atoms with E-state index in [4.69, 9.17) is 26.1 Å². The zero-order valence-electron chi connectivity index (χ0n) is 38.1. The number of nitriles is 1. The van der Waals surface area contributed by atoms with E-state index in [1.54, 1.807) is 28.1 Å². The van der Waals surface area contributed by atoms with E-state index in [2.05, 4.69) is 37.1 Å². The van der Waals surface area contributed by atoms with Crippen molar-refractivity contribution in [3.63, 3.8) is 0 Å². The largest absolute Gasteiger partial charge is 0.494 e. The lowest BCUT2D eigenvalue weighted by molar-refractivity contribution is -0.145. The fourth-order valence-electron chi connectivity index (χ4n) is 8.60. The third-order valence-corrected chi connectivity index (χ3v) is 12.8. The number of aromatic nitrogens is 1. The number of ether oxygens (including phenoxy) is 2. The van der Waals surface area contributed by atoms with E-state index in [9.17, 15) is 19.6 Å². The van der Waals surface area contributed by atoms with Gasteiger partial charge in [0.05, 0.1) is 30.1 Å². The molecule has 5 aromatic rings. The monoisotopic (exact) mass is 894 g/mol. The van der Waals surface area contributed by atoms with Gasteiger partial charge in [-0.15, -0.1) is 0 Å². The lowest BCUT2D eigenvalue weighted by atomic mass is 9.78. The van der Waals surface area contributed by atoms with E-state index in [1.807, 2.05) is 105 Å². The number of hydrogen-bond donors (Lipinski definition) is 1. The van der Waals surface area contributed by atoms with Crippen LogP contribution in [0.1, 0.15) is 83.4 Å². The second-order valence-corrected chi connectivity index (χ2v) is 18.7. The quantitative estimate of drug-likeness (QED) is 0.0709. The van der Waals surface area contributed by atoms with E-state index in [-0.39, 0.29) is 29.1 Å². The zero-order valence-corrected chi connectivity index (χ0v) is 39.0. The predicted molar refractivity (Wildman–Crippen MR) is 256 cm³/mol. The van der Waals surface area contributed by atoms with Crippen LogP contribution in [0.15, 0.2) is 108 Å². The summed E-state index contributed by atoms with van der Waals surface area (Å²) in [5.74, 6) is 0.955. The number of carbonyl (C=O) groups excluding carboxylic acids is 3. The number of thiocarbonyl (C=S) groups is 1. The molecule has 0 aliphatic carbocycles. The SMILES string of the molecule is Cc1cc(N2C(=O)C(C)(C)N(c3ccc(-c4ccc(OCCCCOCC[C@H](C(=O)N5CCCC5C(=O)NCc5ccc(-c6cnco6)cc5)C(C)(C)C)cc4)cc3)C2=S)ccc1C#N. The van der Waals surface area contributed by atoms with Crippen LogP contribution >= 0.6 is 12.2 Å². The Bertz CT molecular complexity index is 2510. The average Bonchev–Trinajstić information content (AvgIpc) is 4.05. The molecule has 2 fully saturated rings. The Morgan fingerprint density at radius 2 is 1.60 bits per heavy atom. The summed E-state index contributed by atoms with van der Waals surface area (Å²) in [5, 5.41) is 12.8. The number of unbranched alkanes of at least 4 members (excludes halogenated alkanes) is 1. The Morgan fingerprint density at radius 3 is 2.25 bits per heavy atom. The molecule has 13 heteroatoms. The van der Waals surface area contributed by atoms with Crippen LogP contribution in [-0.2, 0) is 25.7 Å². The van der Waals surface area contributed by atoms with Gasteiger partial charge in [0.1, 0.15) is 17.3 Å². The second kappa shape index (κ2) is 20.2. The molecule has 2 atom stereocenters. The number of aryl methyl sites for hydroxylation is 1. The van der Waals surface area contributed by atoms with Gasteiger partial charge >= 0.3 is 0 Å². The van der Waals surface area contributed by atoms with E-state index in [0.29, 0.717) is 67.9 Å². The summed E-state index contributed by atoms with van der Waals surface area (Å²) in [7, 11) is 0. The standard InChI is InChI=1S/C52H58N6O6S/c1-35-30-42(22-17-40(35)31-53)57-49(61)52(5,6)58(50(57)65)41-20-15-37(16-21-41)38-18-23-43(24-19-38)63-28-8-7-27-62-29-25-44(51(2,3)4)48(60)56-26-9-10-45(56)47(59)55-32-36-11-13-39(14-12-36)46-33-54-34-64-46/h11-24,30,33-34,44-45H,7-10,25-29,32H2,1-6H3,(H,55,59)/t44-,45?/m1/s1. The van der Waals surface area contributed by atoms with Crippen molar-refractivity contribution in [2.45, 2.75) is 91.8 Å². The Labute approximate surface area is 387 Å². The number of nitrogens with one attached hydrogen (secondary N) is 1. The van der Waals surface area contributed by atoms with Crippen molar-refractivity contribution < 1.29 is 28.3 Å². The number of oxazole rings is 1. The lowest BCUT2D eigenvalue weighted by Crippen LogP contribution is -2.49. The van der Waals surface area contributed by atoms with Gasteiger partial charge in [0.15, 0.2) is 17.3 Å². The molecule has 0 bridgehead atoms. The maximum atomic E-state index is 14.0. The highest BCUT2D eigenvalue weighted by Gasteiger charge is 2.50. The zero-order chi connectivity index (χ0) is 46.3. The number of carbonyl (C=O) groups is 3. The Hall–Kier alpha value is -6.36. The van der Waals surface area contributed by atoms with E-state index in [1.165, 1.54) is 6.39 Å². The molecule has 1 unspecified atom stereocenters. The maximum Gasteiger partial charge on any atom is 0.259 e. The number of benzene rings is 4. The van der Waals surface area contributed by atoms with Gasteiger partial charge in [0, 0.05) is 43.5 Å². The Kier molecular flexibility index (Phi) is 14.5. The number of likely N-dealkylation sites (tertiary alicyclic amines) is 1. The summed E-state index contributed by atoms with van der Waals surface area (Å²) in [4.78, 5) is 50.2. The average molecular weight is 895 g/mol. The summed E-state index contributed by atoms with van der Waals surface area (Å²) >= 11 is 5.87. The van der Waals surface area contributed by atoms with Gasteiger partial charge in [-0.05, 0) is 135 Å². The molecular weight excluding hydrogens is 837 g/mol. The predicted octanol–water partition coefficient (Wildman–Crippen LogP) is 9.64. The third kappa shape index (κ3) is 10.6. The van der Waals surface area contributed by atoms with Crippen LogP contribution in [0.4, 0.5) is 11.4 Å². The minimum Gasteiger partial charge on any atom is -0.494 e. The van der Waals surface area contributed by atoms with Gasteiger partial charge in [-0.1, -0.05) is 69.3 Å². The number of amides is 3. The first-order chi connectivity index (χ1) is 31.2. The van der Waals surface area contributed by atoms with E-state index >= 15 is 0 Å². The van der Waals surface area contributed by atoms with Gasteiger partial charge < -0.3 is 29.0 Å². The van der Waals surface area contributed by atoms with Gasteiger partial charge in [0.2, 0.25) is 11.8 Å². The molecule has 2 saturated heterocycles. The number of hydrogen-bond acceptors (Lipinski definition) is 9. The molecule has 3 amide bonds. The molecular formula is C52H58N6O6S. The summed E-state index contributed by atoms with van der Waals surface area (Å²) in [6.45, 7) is 14.3. The van der Waals surface area contributed by atoms with Gasteiger partial charge in [0.25, 0.3) is 5.91 Å². The third-order valence-electron chi connectivity index (χ3n) is 12.4. The normalized spacial score (nSPS) is 16.4. The second-order valence-electron chi connectivity index (χ2n) is 18.3. The molecule has 0 radical (unpaired) electrons. The Morgan fingerprint density at radius 1 is 0.938 bits per heavy atom. The molecule has 3 heterocycles. The van der Waals surface area contributed by atoms with Gasteiger partial charge in [-0.2, -0.15) is 5.26 Å².